The van der Waals surface area contributed by atoms with E-state index < -0.39 is 5.56 Å². The van der Waals surface area contributed by atoms with Crippen molar-refractivity contribution in [3.63, 3.8) is 0 Å². The van der Waals surface area contributed by atoms with Crippen molar-refractivity contribution < 1.29 is 28.4 Å². The molecule has 1 heterocycles. The van der Waals surface area contributed by atoms with Crippen LogP contribution < -0.4 is 39.4 Å². The van der Waals surface area contributed by atoms with E-state index in [9.17, 15) is 4.79 Å². The third kappa shape index (κ3) is 5.60. The van der Waals surface area contributed by atoms with Crippen molar-refractivity contribution in [3.8, 4) is 45.9 Å². The molecule has 4 aromatic rings. The van der Waals surface area contributed by atoms with Crippen LogP contribution in [0.25, 0.3) is 11.4 Å². The van der Waals surface area contributed by atoms with Gasteiger partial charge in [0.25, 0.3) is 5.56 Å². The molecular weight excluding hydrogens is 518 g/mol. The number of anilines is 1. The average molecular weight is 548 g/mol. The number of hydrazone groups is 1. The normalized spacial score (nSPS) is 11.0. The van der Waals surface area contributed by atoms with E-state index in [4.69, 9.17) is 28.4 Å². The summed E-state index contributed by atoms with van der Waals surface area (Å²) < 4.78 is 32.8. The summed E-state index contributed by atoms with van der Waals surface area (Å²) in [6.45, 7) is 0. The molecule has 0 spiro atoms. The van der Waals surface area contributed by atoms with E-state index in [2.05, 4.69) is 25.7 Å². The van der Waals surface area contributed by atoms with Crippen molar-refractivity contribution in [2.24, 2.45) is 5.10 Å². The molecule has 40 heavy (non-hydrogen) atoms. The number of methoxy groups -OCH3 is 6. The molecule has 208 valence electrons. The molecule has 0 aliphatic heterocycles. The van der Waals surface area contributed by atoms with E-state index in [0.29, 0.717) is 57.1 Å². The smallest absolute Gasteiger partial charge is 0.292 e. The summed E-state index contributed by atoms with van der Waals surface area (Å²) >= 11 is 0. The highest BCUT2D eigenvalue weighted by atomic mass is 16.5. The van der Waals surface area contributed by atoms with Gasteiger partial charge in [-0.05, 0) is 12.1 Å². The molecule has 0 radical (unpaired) electrons. The zero-order valence-electron chi connectivity index (χ0n) is 22.9. The molecule has 0 saturated carbocycles. The van der Waals surface area contributed by atoms with Crippen LogP contribution in [0.3, 0.4) is 0 Å². The third-order valence-corrected chi connectivity index (χ3v) is 5.85. The molecule has 0 bridgehead atoms. The van der Waals surface area contributed by atoms with Gasteiger partial charge in [0.1, 0.15) is 5.71 Å². The first-order valence-corrected chi connectivity index (χ1v) is 11.9. The first-order chi connectivity index (χ1) is 19.5. The molecule has 0 fully saturated rings. The fourth-order valence-electron chi connectivity index (χ4n) is 3.95. The van der Waals surface area contributed by atoms with Crippen LogP contribution in [0.5, 0.6) is 34.5 Å². The molecule has 12 nitrogen and oxygen atoms in total. The Morgan fingerprint density at radius 1 is 0.750 bits per heavy atom. The molecule has 3 aromatic carbocycles. The number of hydrogen-bond donors (Lipinski definition) is 2. The lowest BCUT2D eigenvalue weighted by Gasteiger charge is -2.16. The first-order valence-electron chi connectivity index (χ1n) is 11.9. The highest BCUT2D eigenvalue weighted by molar-refractivity contribution is 6.12. The molecule has 0 unspecified atom stereocenters. The lowest BCUT2D eigenvalue weighted by atomic mass is 10.1. The molecule has 12 heteroatoms. The van der Waals surface area contributed by atoms with Crippen LogP contribution in [-0.4, -0.2) is 63.6 Å². The number of nitrogens with zero attached hydrogens (tertiary/aromatic N) is 3. The van der Waals surface area contributed by atoms with Crippen molar-refractivity contribution >= 4 is 11.4 Å². The van der Waals surface area contributed by atoms with Gasteiger partial charge in [-0.3, -0.25) is 10.2 Å². The summed E-state index contributed by atoms with van der Waals surface area (Å²) in [5.41, 5.74) is 4.26. The van der Waals surface area contributed by atoms with Gasteiger partial charge >= 0.3 is 0 Å². The van der Waals surface area contributed by atoms with Crippen molar-refractivity contribution in [2.75, 3.05) is 48.1 Å². The number of aromatic nitrogens is 3. The van der Waals surface area contributed by atoms with Crippen LogP contribution >= 0.6 is 0 Å². The minimum absolute atomic E-state index is 0.00284. The molecule has 4 rings (SSSR count). The van der Waals surface area contributed by atoms with Gasteiger partial charge in [-0.15, -0.1) is 0 Å². The van der Waals surface area contributed by atoms with Crippen LogP contribution in [0.4, 0.5) is 5.69 Å². The summed E-state index contributed by atoms with van der Waals surface area (Å²) in [5, 5.41) is 11.2. The van der Waals surface area contributed by atoms with Gasteiger partial charge in [0, 0.05) is 23.3 Å². The Morgan fingerprint density at radius 2 is 1.27 bits per heavy atom. The van der Waals surface area contributed by atoms with Crippen LogP contribution in [0, 0.1) is 0 Å². The summed E-state index contributed by atoms with van der Waals surface area (Å²) in [4.78, 5) is 17.7. The molecule has 0 amide bonds. The number of ether oxygens (including phenoxy) is 6. The fourth-order valence-corrected chi connectivity index (χ4v) is 3.95. The molecule has 0 saturated heterocycles. The highest BCUT2D eigenvalue weighted by Crippen LogP contribution is 2.41. The summed E-state index contributed by atoms with van der Waals surface area (Å²) in [6.07, 6.45) is 0. The van der Waals surface area contributed by atoms with E-state index in [-0.39, 0.29) is 11.4 Å². The van der Waals surface area contributed by atoms with Crippen LogP contribution in [0.1, 0.15) is 11.3 Å². The summed E-state index contributed by atoms with van der Waals surface area (Å²) in [7, 11) is 9.03. The Balaban J connectivity index is 1.93. The van der Waals surface area contributed by atoms with Crippen LogP contribution in [0.2, 0.25) is 0 Å². The van der Waals surface area contributed by atoms with E-state index in [1.54, 1.807) is 24.3 Å². The largest absolute Gasteiger partial charge is 0.493 e. The lowest BCUT2D eigenvalue weighted by Crippen LogP contribution is -2.24. The predicted octanol–water partition coefficient (Wildman–Crippen LogP) is 3.75. The van der Waals surface area contributed by atoms with Gasteiger partial charge < -0.3 is 28.4 Å². The molecule has 1 aromatic heterocycles. The number of aromatic amines is 1. The SMILES string of the molecule is COc1cc(N/N=C(/c2cc(OC)c(OC)c(OC)c2)c2nc(-c3ccccc3)n[nH]c2=O)cc(OC)c1OC. The number of H-pyrrole nitrogens is 1. The van der Waals surface area contributed by atoms with Crippen molar-refractivity contribution in [1.82, 2.24) is 15.2 Å². The van der Waals surface area contributed by atoms with Gasteiger partial charge in [0.05, 0.1) is 48.3 Å². The zero-order chi connectivity index (χ0) is 28.6. The standard InChI is InChI=1S/C28H29N5O7/c1-35-19-12-17(13-20(36-2)25(19)39-5)23(24-28(34)33-32-27(29-24)16-10-8-7-9-11-16)31-30-18-14-21(37-3)26(40-6)22(15-18)38-4/h7-15,30H,1-6H3,(H,33,34)/b31-23-. The molecular formula is C28H29N5O7. The Hall–Kier alpha value is -5.26. The van der Waals surface area contributed by atoms with E-state index in [1.807, 2.05) is 30.3 Å². The van der Waals surface area contributed by atoms with Gasteiger partial charge in [0.2, 0.25) is 11.5 Å². The minimum Gasteiger partial charge on any atom is -0.493 e. The number of rotatable bonds is 11. The molecule has 0 aliphatic carbocycles. The second-order valence-electron chi connectivity index (χ2n) is 8.10. The Labute approximate surface area is 230 Å². The third-order valence-electron chi connectivity index (χ3n) is 5.85. The second kappa shape index (κ2) is 12.5. The molecule has 0 aliphatic rings. The number of benzene rings is 3. The Kier molecular flexibility index (Phi) is 8.69. The van der Waals surface area contributed by atoms with Crippen molar-refractivity contribution in [1.29, 1.82) is 0 Å². The van der Waals surface area contributed by atoms with Crippen LogP contribution in [-0.2, 0) is 0 Å². The van der Waals surface area contributed by atoms with Crippen molar-refractivity contribution in [2.45, 2.75) is 0 Å². The van der Waals surface area contributed by atoms with Gasteiger partial charge in [-0.25, -0.2) is 10.1 Å². The first kappa shape index (κ1) is 27.8. The maximum atomic E-state index is 13.1. The molecule has 2 N–H and O–H groups in total. The monoisotopic (exact) mass is 547 g/mol. The second-order valence-corrected chi connectivity index (χ2v) is 8.10. The van der Waals surface area contributed by atoms with Crippen molar-refractivity contribution in [3.05, 3.63) is 76.2 Å². The zero-order valence-corrected chi connectivity index (χ0v) is 22.9. The number of hydrogen-bond acceptors (Lipinski definition) is 11. The minimum atomic E-state index is -0.557. The lowest BCUT2D eigenvalue weighted by molar-refractivity contribution is 0.324. The molecule has 0 atom stereocenters. The van der Waals surface area contributed by atoms with E-state index >= 15 is 0 Å². The Morgan fingerprint density at radius 3 is 1.77 bits per heavy atom. The Bertz CT molecular complexity index is 1520. The van der Waals surface area contributed by atoms with Gasteiger partial charge in [-0.2, -0.15) is 10.2 Å². The van der Waals surface area contributed by atoms with Gasteiger partial charge in [0.15, 0.2) is 34.5 Å². The maximum Gasteiger partial charge on any atom is 0.292 e. The summed E-state index contributed by atoms with van der Waals surface area (Å²) in [6, 6.07) is 15.9. The summed E-state index contributed by atoms with van der Waals surface area (Å²) in [5.74, 6) is 2.68. The predicted molar refractivity (Wildman–Crippen MR) is 150 cm³/mol. The topological polar surface area (TPSA) is 138 Å². The van der Waals surface area contributed by atoms with Crippen LogP contribution in [0.15, 0.2) is 64.5 Å². The van der Waals surface area contributed by atoms with Gasteiger partial charge in [-0.1, -0.05) is 30.3 Å². The van der Waals surface area contributed by atoms with E-state index in [1.165, 1.54) is 42.7 Å². The number of nitrogens with one attached hydrogen (secondary N) is 2. The average Bonchev–Trinajstić information content (AvgIpc) is 3.00. The fraction of sp³-hybridized carbons (Fsp3) is 0.214. The quantitative estimate of drug-likeness (QED) is 0.211. The van der Waals surface area contributed by atoms with E-state index in [0.717, 1.165) is 0 Å². The highest BCUT2D eigenvalue weighted by Gasteiger charge is 2.22. The maximum absolute atomic E-state index is 13.1.